The molecule has 0 aliphatic carbocycles. The molecule has 1 amide bonds. The average molecular weight is 255 g/mol. The van der Waals surface area contributed by atoms with Crippen molar-refractivity contribution in [1.29, 1.82) is 0 Å². The van der Waals surface area contributed by atoms with Gasteiger partial charge < -0.3 is 10.4 Å². The van der Waals surface area contributed by atoms with Crippen LogP contribution in [0.4, 0.5) is 13.2 Å². The molecule has 0 saturated heterocycles. The van der Waals surface area contributed by atoms with Crippen molar-refractivity contribution in [3.63, 3.8) is 0 Å². The number of aliphatic hydroxyl groups excluding tert-OH is 1. The minimum absolute atomic E-state index is 0.0838. The number of aliphatic hydroxyl groups is 1. The maximum Gasteiger partial charge on any atom is 0.389 e. The number of hydrogen-bond acceptors (Lipinski definition) is 2. The molecule has 17 heavy (non-hydrogen) atoms. The summed E-state index contributed by atoms with van der Waals surface area (Å²) in [5, 5.41) is 11.7. The standard InChI is InChI=1S/C11H20F3NO2/c1-3-10(4-2,8-16)7-15-9(17)5-6-11(12,13)14/h16H,3-8H2,1-2H3,(H,15,17). The molecule has 0 spiro atoms. The number of carbonyl (C=O) groups is 1. The van der Waals surface area contributed by atoms with Crippen molar-refractivity contribution in [3.05, 3.63) is 0 Å². The normalized spacial score (nSPS) is 12.6. The highest BCUT2D eigenvalue weighted by atomic mass is 19.4. The SMILES string of the molecule is CCC(CC)(CO)CNC(=O)CCC(F)(F)F. The van der Waals surface area contributed by atoms with Crippen LogP contribution in [0, 0.1) is 5.41 Å². The summed E-state index contributed by atoms with van der Waals surface area (Å²) in [5.41, 5.74) is -0.423. The van der Waals surface area contributed by atoms with Gasteiger partial charge in [0.05, 0.1) is 13.0 Å². The average Bonchev–Trinajstić information content (AvgIpc) is 2.28. The van der Waals surface area contributed by atoms with Gasteiger partial charge in [0, 0.05) is 18.4 Å². The minimum atomic E-state index is -4.30. The van der Waals surface area contributed by atoms with Gasteiger partial charge in [-0.3, -0.25) is 4.79 Å². The lowest BCUT2D eigenvalue weighted by Gasteiger charge is -2.29. The Labute approximate surface area is 99.4 Å². The maximum atomic E-state index is 11.9. The summed E-state index contributed by atoms with van der Waals surface area (Å²) in [6, 6.07) is 0. The number of nitrogens with one attached hydrogen (secondary N) is 1. The molecule has 0 heterocycles. The summed E-state index contributed by atoms with van der Waals surface area (Å²) in [6.07, 6.45) is -4.64. The van der Waals surface area contributed by atoms with E-state index < -0.39 is 30.3 Å². The van der Waals surface area contributed by atoms with Gasteiger partial charge in [-0.05, 0) is 12.8 Å². The molecule has 3 nitrogen and oxygen atoms in total. The molecule has 0 aromatic heterocycles. The Bertz CT molecular complexity index is 229. The largest absolute Gasteiger partial charge is 0.396 e. The van der Waals surface area contributed by atoms with Crippen molar-refractivity contribution in [2.45, 2.75) is 45.7 Å². The van der Waals surface area contributed by atoms with Crippen LogP contribution in [0.1, 0.15) is 39.5 Å². The van der Waals surface area contributed by atoms with Crippen molar-refractivity contribution in [3.8, 4) is 0 Å². The quantitative estimate of drug-likeness (QED) is 0.733. The van der Waals surface area contributed by atoms with E-state index in [9.17, 15) is 23.1 Å². The Balaban J connectivity index is 4.06. The van der Waals surface area contributed by atoms with Gasteiger partial charge in [-0.2, -0.15) is 13.2 Å². The Kier molecular flexibility index (Phi) is 6.52. The highest BCUT2D eigenvalue weighted by Gasteiger charge is 2.29. The predicted octanol–water partition coefficient (Wildman–Crippen LogP) is 2.24. The summed E-state index contributed by atoms with van der Waals surface area (Å²) in [4.78, 5) is 11.2. The Morgan fingerprint density at radius 1 is 1.24 bits per heavy atom. The first-order valence-electron chi connectivity index (χ1n) is 5.73. The fraction of sp³-hybridized carbons (Fsp3) is 0.909. The fourth-order valence-electron chi connectivity index (χ4n) is 1.41. The third kappa shape index (κ3) is 6.51. The molecule has 0 aromatic rings. The fourth-order valence-corrected chi connectivity index (χ4v) is 1.41. The van der Waals surface area contributed by atoms with E-state index in [0.29, 0.717) is 12.8 Å². The zero-order chi connectivity index (χ0) is 13.5. The van der Waals surface area contributed by atoms with Gasteiger partial charge in [0.25, 0.3) is 0 Å². The molecule has 6 heteroatoms. The lowest BCUT2D eigenvalue weighted by Crippen LogP contribution is -2.39. The van der Waals surface area contributed by atoms with Crippen molar-refractivity contribution in [1.82, 2.24) is 5.32 Å². The Morgan fingerprint density at radius 2 is 1.76 bits per heavy atom. The van der Waals surface area contributed by atoms with Crippen LogP contribution >= 0.6 is 0 Å². The predicted molar refractivity (Wildman–Crippen MR) is 58.4 cm³/mol. The molecule has 0 bridgehead atoms. The molecule has 102 valence electrons. The Hall–Kier alpha value is -0.780. The first-order valence-corrected chi connectivity index (χ1v) is 5.73. The van der Waals surface area contributed by atoms with E-state index in [1.165, 1.54) is 0 Å². The van der Waals surface area contributed by atoms with Gasteiger partial charge in [0.2, 0.25) is 5.91 Å². The maximum absolute atomic E-state index is 11.9. The summed E-state index contributed by atoms with van der Waals surface area (Å²) >= 11 is 0. The molecule has 0 aliphatic heterocycles. The molecule has 0 rings (SSSR count). The van der Waals surface area contributed by atoms with E-state index in [2.05, 4.69) is 5.32 Å². The third-order valence-corrected chi connectivity index (χ3v) is 3.13. The molecule has 2 N–H and O–H groups in total. The lowest BCUT2D eigenvalue weighted by atomic mass is 9.83. The number of carbonyl (C=O) groups excluding carboxylic acids is 1. The third-order valence-electron chi connectivity index (χ3n) is 3.13. The summed E-state index contributed by atoms with van der Waals surface area (Å²) in [7, 11) is 0. The first-order chi connectivity index (χ1) is 7.78. The molecule has 0 atom stereocenters. The molecule has 0 saturated carbocycles. The van der Waals surface area contributed by atoms with Crippen LogP contribution in [0.5, 0.6) is 0 Å². The van der Waals surface area contributed by atoms with Crippen molar-refractivity contribution in [2.24, 2.45) is 5.41 Å². The van der Waals surface area contributed by atoms with E-state index in [1.807, 2.05) is 13.8 Å². The molecule has 0 radical (unpaired) electrons. The van der Waals surface area contributed by atoms with Crippen molar-refractivity contribution in [2.75, 3.05) is 13.2 Å². The molecular weight excluding hydrogens is 235 g/mol. The Morgan fingerprint density at radius 3 is 2.12 bits per heavy atom. The van der Waals surface area contributed by atoms with Crippen molar-refractivity contribution >= 4 is 5.91 Å². The van der Waals surface area contributed by atoms with Gasteiger partial charge in [-0.25, -0.2) is 0 Å². The van der Waals surface area contributed by atoms with Crippen molar-refractivity contribution < 1.29 is 23.1 Å². The zero-order valence-electron chi connectivity index (χ0n) is 10.2. The molecule has 0 unspecified atom stereocenters. The summed E-state index contributed by atoms with van der Waals surface area (Å²) in [6.45, 7) is 3.88. The van der Waals surface area contributed by atoms with Crippen LogP contribution in [0.15, 0.2) is 0 Å². The van der Waals surface area contributed by atoms with Gasteiger partial charge >= 0.3 is 6.18 Å². The van der Waals surface area contributed by atoms with Gasteiger partial charge in [-0.15, -0.1) is 0 Å². The second-order valence-electron chi connectivity index (χ2n) is 4.26. The molecule has 0 fully saturated rings. The van der Waals surface area contributed by atoms with E-state index in [1.54, 1.807) is 0 Å². The number of rotatable bonds is 7. The summed E-state index contributed by atoms with van der Waals surface area (Å²) in [5.74, 6) is -0.623. The van der Waals surface area contributed by atoms with Gasteiger partial charge in [0.15, 0.2) is 0 Å². The van der Waals surface area contributed by atoms with Crippen LogP contribution in [-0.4, -0.2) is 30.3 Å². The lowest BCUT2D eigenvalue weighted by molar-refractivity contribution is -0.144. The van der Waals surface area contributed by atoms with Crippen LogP contribution in [0.25, 0.3) is 0 Å². The molecule has 0 aromatic carbocycles. The summed E-state index contributed by atoms with van der Waals surface area (Å²) < 4.78 is 35.6. The number of hydrogen-bond donors (Lipinski definition) is 2. The van der Waals surface area contributed by atoms with E-state index in [0.717, 1.165) is 0 Å². The highest BCUT2D eigenvalue weighted by Crippen LogP contribution is 2.25. The number of alkyl halides is 3. The number of amides is 1. The second kappa shape index (κ2) is 6.83. The van der Waals surface area contributed by atoms with E-state index >= 15 is 0 Å². The van der Waals surface area contributed by atoms with Gasteiger partial charge in [0.1, 0.15) is 0 Å². The van der Waals surface area contributed by atoms with E-state index in [-0.39, 0.29) is 13.2 Å². The topological polar surface area (TPSA) is 49.3 Å². The van der Waals surface area contributed by atoms with Gasteiger partial charge in [-0.1, -0.05) is 13.8 Å². The highest BCUT2D eigenvalue weighted by molar-refractivity contribution is 5.75. The van der Waals surface area contributed by atoms with Crippen LogP contribution in [0.3, 0.4) is 0 Å². The minimum Gasteiger partial charge on any atom is -0.396 e. The molecular formula is C11H20F3NO2. The van der Waals surface area contributed by atoms with E-state index in [4.69, 9.17) is 0 Å². The molecule has 0 aliphatic rings. The van der Waals surface area contributed by atoms with Crippen LogP contribution < -0.4 is 5.32 Å². The first kappa shape index (κ1) is 16.2. The second-order valence-corrected chi connectivity index (χ2v) is 4.26. The monoisotopic (exact) mass is 255 g/mol. The number of halogens is 3. The smallest absolute Gasteiger partial charge is 0.389 e. The van der Waals surface area contributed by atoms with Crippen LogP contribution in [-0.2, 0) is 4.79 Å². The van der Waals surface area contributed by atoms with Crippen LogP contribution in [0.2, 0.25) is 0 Å². The zero-order valence-corrected chi connectivity index (χ0v) is 10.2.